The van der Waals surface area contributed by atoms with Crippen molar-refractivity contribution in [3.63, 3.8) is 0 Å². The van der Waals surface area contributed by atoms with E-state index in [2.05, 4.69) is 10.4 Å². The Balaban J connectivity index is 1.78. The Kier molecular flexibility index (Phi) is 3.98. The Bertz CT molecular complexity index is 372. The minimum absolute atomic E-state index is 0.128. The van der Waals surface area contributed by atoms with E-state index in [1.807, 2.05) is 0 Å². The molecule has 0 saturated carbocycles. The van der Waals surface area contributed by atoms with Crippen molar-refractivity contribution in [3.05, 3.63) is 12.4 Å². The fourth-order valence-corrected chi connectivity index (χ4v) is 1.91. The topological polar surface area (TPSA) is 76.4 Å². The molecule has 94 valence electrons. The first kappa shape index (κ1) is 11.9. The van der Waals surface area contributed by atoms with Crippen LogP contribution in [-0.2, 0) is 11.3 Å². The number of nitrogens with zero attached hydrogens (tertiary/aromatic N) is 2. The first-order valence-electron chi connectivity index (χ1n) is 5.82. The maximum Gasteiger partial charge on any atom is 0.325 e. The number of carboxylic acid groups (broad SMARTS) is 1. The van der Waals surface area contributed by atoms with Crippen molar-refractivity contribution < 1.29 is 14.6 Å². The van der Waals surface area contributed by atoms with Gasteiger partial charge in [0.05, 0.1) is 19.0 Å². The minimum Gasteiger partial charge on any atom is -0.490 e. The molecule has 2 rings (SSSR count). The standard InChI is InChI=1S/C11H17N3O3/c15-11(16)7-14-6-10(5-13-14)17-8-9-1-3-12-4-2-9/h5-6,9,12H,1-4,7-8H2,(H,15,16). The molecular formula is C11H17N3O3. The second-order valence-corrected chi connectivity index (χ2v) is 4.27. The highest BCUT2D eigenvalue weighted by Crippen LogP contribution is 2.15. The van der Waals surface area contributed by atoms with Crippen LogP contribution in [0.25, 0.3) is 0 Å². The number of aliphatic carboxylic acids is 1. The van der Waals surface area contributed by atoms with Gasteiger partial charge in [0.25, 0.3) is 0 Å². The lowest BCUT2D eigenvalue weighted by molar-refractivity contribution is -0.137. The zero-order chi connectivity index (χ0) is 12.1. The van der Waals surface area contributed by atoms with Crippen LogP contribution in [0.5, 0.6) is 5.75 Å². The lowest BCUT2D eigenvalue weighted by Gasteiger charge is -2.22. The summed E-state index contributed by atoms with van der Waals surface area (Å²) in [7, 11) is 0. The van der Waals surface area contributed by atoms with Crippen LogP contribution >= 0.6 is 0 Å². The lowest BCUT2D eigenvalue weighted by Crippen LogP contribution is -2.30. The molecule has 2 N–H and O–H groups in total. The molecule has 0 spiro atoms. The Morgan fingerprint density at radius 2 is 2.35 bits per heavy atom. The van der Waals surface area contributed by atoms with Crippen molar-refractivity contribution in [3.8, 4) is 5.75 Å². The molecule has 1 aromatic rings. The fraction of sp³-hybridized carbons (Fsp3) is 0.636. The van der Waals surface area contributed by atoms with E-state index >= 15 is 0 Å². The summed E-state index contributed by atoms with van der Waals surface area (Å²) in [5.41, 5.74) is 0. The van der Waals surface area contributed by atoms with Gasteiger partial charge in [-0.25, -0.2) is 0 Å². The number of carbonyl (C=O) groups is 1. The first-order valence-corrected chi connectivity index (χ1v) is 5.82. The molecule has 1 aliphatic heterocycles. The number of piperidine rings is 1. The predicted octanol–water partition coefficient (Wildman–Crippen LogP) is 0.346. The van der Waals surface area contributed by atoms with Crippen molar-refractivity contribution >= 4 is 5.97 Å². The molecule has 1 aliphatic rings. The number of hydrogen-bond donors (Lipinski definition) is 2. The molecule has 0 atom stereocenters. The maximum absolute atomic E-state index is 10.5. The molecule has 0 amide bonds. The van der Waals surface area contributed by atoms with Gasteiger partial charge in [0.15, 0.2) is 5.75 Å². The van der Waals surface area contributed by atoms with E-state index in [1.165, 1.54) is 4.68 Å². The second-order valence-electron chi connectivity index (χ2n) is 4.27. The summed E-state index contributed by atoms with van der Waals surface area (Å²) in [5.74, 6) is 0.321. The smallest absolute Gasteiger partial charge is 0.325 e. The SMILES string of the molecule is O=C(O)Cn1cc(OCC2CCNCC2)cn1. The van der Waals surface area contributed by atoms with Crippen LogP contribution in [0.1, 0.15) is 12.8 Å². The summed E-state index contributed by atoms with van der Waals surface area (Å²) in [6.07, 6.45) is 5.44. The van der Waals surface area contributed by atoms with Gasteiger partial charge in [-0.1, -0.05) is 0 Å². The van der Waals surface area contributed by atoms with E-state index < -0.39 is 5.97 Å². The highest BCUT2D eigenvalue weighted by molar-refractivity contribution is 5.66. The lowest BCUT2D eigenvalue weighted by atomic mass is 9.99. The molecule has 2 heterocycles. The molecule has 1 aromatic heterocycles. The van der Waals surface area contributed by atoms with E-state index in [0.29, 0.717) is 18.3 Å². The van der Waals surface area contributed by atoms with Crippen LogP contribution in [0.2, 0.25) is 0 Å². The van der Waals surface area contributed by atoms with Crippen LogP contribution < -0.4 is 10.1 Å². The summed E-state index contributed by atoms with van der Waals surface area (Å²) in [6, 6.07) is 0. The van der Waals surface area contributed by atoms with Crippen LogP contribution in [0, 0.1) is 5.92 Å². The summed E-state index contributed by atoms with van der Waals surface area (Å²) in [4.78, 5) is 10.5. The van der Waals surface area contributed by atoms with Gasteiger partial charge in [0, 0.05) is 0 Å². The number of hydrogen-bond acceptors (Lipinski definition) is 4. The normalized spacial score (nSPS) is 16.9. The molecule has 1 saturated heterocycles. The molecule has 6 heteroatoms. The molecule has 17 heavy (non-hydrogen) atoms. The molecule has 0 aliphatic carbocycles. The molecule has 6 nitrogen and oxygen atoms in total. The number of ether oxygens (including phenoxy) is 1. The molecular weight excluding hydrogens is 222 g/mol. The Hall–Kier alpha value is -1.56. The van der Waals surface area contributed by atoms with E-state index in [1.54, 1.807) is 12.4 Å². The van der Waals surface area contributed by atoms with Crippen molar-refractivity contribution in [2.75, 3.05) is 19.7 Å². The van der Waals surface area contributed by atoms with Crippen LogP contribution in [-0.4, -0.2) is 40.6 Å². The fourth-order valence-electron chi connectivity index (χ4n) is 1.91. The molecule has 0 bridgehead atoms. The van der Waals surface area contributed by atoms with Gasteiger partial charge in [0.2, 0.25) is 0 Å². The third-order valence-corrected chi connectivity index (χ3v) is 2.85. The predicted molar refractivity (Wildman–Crippen MR) is 61.0 cm³/mol. The minimum atomic E-state index is -0.905. The van der Waals surface area contributed by atoms with Gasteiger partial charge in [-0.15, -0.1) is 0 Å². The van der Waals surface area contributed by atoms with Crippen LogP contribution in [0.3, 0.4) is 0 Å². The number of carboxylic acids is 1. The zero-order valence-electron chi connectivity index (χ0n) is 9.63. The first-order chi connectivity index (χ1) is 8.24. The highest BCUT2D eigenvalue weighted by Gasteiger charge is 2.14. The van der Waals surface area contributed by atoms with Crippen molar-refractivity contribution in [2.24, 2.45) is 5.92 Å². The van der Waals surface area contributed by atoms with Crippen molar-refractivity contribution in [1.29, 1.82) is 0 Å². The van der Waals surface area contributed by atoms with Gasteiger partial charge >= 0.3 is 5.97 Å². The monoisotopic (exact) mass is 239 g/mol. The van der Waals surface area contributed by atoms with Crippen molar-refractivity contribution in [1.82, 2.24) is 15.1 Å². The van der Waals surface area contributed by atoms with Gasteiger partial charge < -0.3 is 15.2 Å². The van der Waals surface area contributed by atoms with E-state index in [-0.39, 0.29) is 6.54 Å². The van der Waals surface area contributed by atoms with Crippen LogP contribution in [0.4, 0.5) is 0 Å². The Labute approximate surface area is 99.6 Å². The zero-order valence-corrected chi connectivity index (χ0v) is 9.63. The Morgan fingerprint density at radius 3 is 3.06 bits per heavy atom. The molecule has 0 radical (unpaired) electrons. The quantitative estimate of drug-likeness (QED) is 0.775. The number of aromatic nitrogens is 2. The third kappa shape index (κ3) is 3.74. The Morgan fingerprint density at radius 1 is 1.59 bits per heavy atom. The largest absolute Gasteiger partial charge is 0.490 e. The number of rotatable bonds is 5. The molecule has 0 unspecified atom stereocenters. The van der Waals surface area contributed by atoms with Gasteiger partial charge in [0.1, 0.15) is 6.54 Å². The third-order valence-electron chi connectivity index (χ3n) is 2.85. The maximum atomic E-state index is 10.5. The summed E-state index contributed by atoms with van der Waals surface area (Å²) < 4.78 is 6.96. The van der Waals surface area contributed by atoms with Crippen molar-refractivity contribution in [2.45, 2.75) is 19.4 Å². The molecule has 0 aromatic carbocycles. The summed E-state index contributed by atoms with van der Waals surface area (Å²) in [6.45, 7) is 2.65. The molecule has 1 fully saturated rings. The summed E-state index contributed by atoms with van der Waals surface area (Å²) >= 11 is 0. The van der Waals surface area contributed by atoms with Gasteiger partial charge in [-0.2, -0.15) is 5.10 Å². The van der Waals surface area contributed by atoms with Gasteiger partial charge in [-0.05, 0) is 31.8 Å². The average Bonchev–Trinajstić information content (AvgIpc) is 2.75. The van der Waals surface area contributed by atoms with E-state index in [4.69, 9.17) is 9.84 Å². The number of nitrogens with one attached hydrogen (secondary N) is 1. The van der Waals surface area contributed by atoms with E-state index in [9.17, 15) is 4.79 Å². The van der Waals surface area contributed by atoms with Crippen LogP contribution in [0.15, 0.2) is 12.4 Å². The van der Waals surface area contributed by atoms with Gasteiger partial charge in [-0.3, -0.25) is 9.48 Å². The highest BCUT2D eigenvalue weighted by atomic mass is 16.5. The van der Waals surface area contributed by atoms with E-state index in [0.717, 1.165) is 25.9 Å². The summed E-state index contributed by atoms with van der Waals surface area (Å²) in [5, 5.41) is 15.8. The average molecular weight is 239 g/mol. The second kappa shape index (κ2) is 5.67.